The smallest absolute Gasteiger partial charge is 0.408 e. The summed E-state index contributed by atoms with van der Waals surface area (Å²) >= 11 is 0. The first-order valence-corrected chi connectivity index (χ1v) is 38.6. The van der Waals surface area contributed by atoms with Gasteiger partial charge in [-0.15, -0.1) is 0 Å². The number of carboxylic acids is 1. The quantitative estimate of drug-likeness (QED) is 0.0324. The van der Waals surface area contributed by atoms with Gasteiger partial charge in [0.05, 0.1) is 59.0 Å². The summed E-state index contributed by atoms with van der Waals surface area (Å²) in [6.07, 6.45) is 5.78. The van der Waals surface area contributed by atoms with Crippen molar-refractivity contribution in [1.29, 1.82) is 0 Å². The predicted molar refractivity (Wildman–Crippen MR) is 375 cm³/mol. The lowest BCUT2D eigenvalue weighted by Gasteiger charge is -2.47. The topological polar surface area (TPSA) is 196 Å². The van der Waals surface area contributed by atoms with Crippen LogP contribution < -0.4 is 20.1 Å². The number of ether oxygens (including phenoxy) is 7. The summed E-state index contributed by atoms with van der Waals surface area (Å²) < 4.78 is 54.7. The van der Waals surface area contributed by atoms with Gasteiger partial charge < -0.3 is 57.8 Å². The van der Waals surface area contributed by atoms with E-state index in [4.69, 9.17) is 42.0 Å². The van der Waals surface area contributed by atoms with E-state index in [0.29, 0.717) is 84.0 Å². The van der Waals surface area contributed by atoms with Gasteiger partial charge in [0.2, 0.25) is 16.6 Å². The Labute approximate surface area is 555 Å². The fraction of sp³-hybridized carbons (Fsp3) is 0.781. The van der Waals surface area contributed by atoms with Crippen LogP contribution in [0.5, 0.6) is 11.5 Å². The molecule has 2 aromatic rings. The Kier molecular flexibility index (Phi) is 38.1. The van der Waals surface area contributed by atoms with E-state index < -0.39 is 64.0 Å². The maximum absolute atomic E-state index is 12.7. The van der Waals surface area contributed by atoms with Crippen LogP contribution in [0.25, 0.3) is 0 Å². The van der Waals surface area contributed by atoms with Crippen molar-refractivity contribution in [3.8, 4) is 11.5 Å². The molecule has 0 spiro atoms. The van der Waals surface area contributed by atoms with E-state index in [9.17, 15) is 24.3 Å². The maximum Gasteiger partial charge on any atom is 0.408 e. The zero-order chi connectivity index (χ0) is 69.8. The van der Waals surface area contributed by atoms with Gasteiger partial charge in [-0.05, 0) is 186 Å². The minimum atomic E-state index is -2.28. The Morgan fingerprint density at radius 2 is 0.747 bits per heavy atom. The monoisotopic (exact) mass is 1320 g/mol. The Balaban J connectivity index is 0.000000910. The van der Waals surface area contributed by atoms with Crippen LogP contribution in [0.2, 0.25) is 33.2 Å². The third-order valence-corrected chi connectivity index (χ3v) is 30.0. The molecule has 0 radical (unpaired) electrons. The molecule has 0 aliphatic carbocycles. The van der Waals surface area contributed by atoms with Gasteiger partial charge in [-0.2, -0.15) is 0 Å². The molecule has 91 heavy (non-hydrogen) atoms. The molecule has 0 aromatic heterocycles. The first kappa shape index (κ1) is 84.8. The zero-order valence-corrected chi connectivity index (χ0v) is 64.1. The average molecular weight is 1320 g/mol. The molecule has 16 nitrogen and oxygen atoms in total. The predicted octanol–water partition coefficient (Wildman–Crippen LogP) is 18.8. The number of esters is 1. The number of carbonyl (C=O) groups excluding carboxylic acids is 3. The van der Waals surface area contributed by atoms with Gasteiger partial charge in [-0.1, -0.05) is 161 Å². The van der Waals surface area contributed by atoms with Crippen LogP contribution in [-0.2, 0) is 55.3 Å². The summed E-state index contributed by atoms with van der Waals surface area (Å²) in [5, 5.41) is 15.2. The van der Waals surface area contributed by atoms with Gasteiger partial charge in [-0.3, -0.25) is 0 Å². The number of carboxylic acid groups (broad SMARTS) is 1. The molecule has 0 fully saturated rings. The third-order valence-electron chi connectivity index (χ3n) is 17.8. The molecule has 2 aromatic carbocycles. The van der Waals surface area contributed by atoms with E-state index in [-0.39, 0.29) is 36.3 Å². The summed E-state index contributed by atoms with van der Waals surface area (Å²) in [6, 6.07) is 14.1. The Morgan fingerprint density at radius 1 is 0.440 bits per heavy atom. The summed E-state index contributed by atoms with van der Waals surface area (Å²) in [6.45, 7) is 52.6. The van der Waals surface area contributed by atoms with Gasteiger partial charge in [-0.25, -0.2) is 19.2 Å². The molecule has 3 N–H and O–H groups in total. The van der Waals surface area contributed by atoms with E-state index in [2.05, 4.69) is 135 Å². The molecule has 0 aliphatic heterocycles. The lowest BCUT2D eigenvalue weighted by Crippen LogP contribution is -2.54. The largest absolute Gasteiger partial charge is 0.497 e. The van der Waals surface area contributed by atoms with Crippen molar-refractivity contribution in [2.24, 2.45) is 23.7 Å². The third kappa shape index (κ3) is 30.0. The van der Waals surface area contributed by atoms with Crippen LogP contribution >= 0.6 is 0 Å². The normalized spacial score (nSPS) is 15.2. The van der Waals surface area contributed by atoms with Gasteiger partial charge in [0.15, 0.2) is 0 Å². The number of nitrogens with one attached hydrogen (secondary N) is 2. The molecule has 2 amide bonds. The lowest BCUT2D eigenvalue weighted by atomic mass is 9.86. The molecule has 526 valence electrons. The molecular weight excluding hydrogens is 1180 g/mol. The SMILES string of the molecule is COC(=O)[C@H](CCC[C@H](CCC(C)C)[C@@H](O[Si](C(C)C)(C(C)C)C(C)C)[C@H](C)OCc1ccc(OC)cc1)NC(=O)OC(C)(C)C.COc1ccc(CO[C@@H](C)[C@H](O[Si](C(C)C)(C(C)C)C(C)C)[C@H](CCC[C@H](NC(=O)OC(C)(C)C)C(=O)O)CCC(C)C)cc1. The van der Waals surface area contributed by atoms with E-state index in [0.717, 1.165) is 61.2 Å². The number of methoxy groups -OCH3 is 3. The number of benzene rings is 2. The highest BCUT2D eigenvalue weighted by Gasteiger charge is 2.50. The zero-order valence-electron chi connectivity index (χ0n) is 62.1. The standard InChI is InChI=1S/C37H67NO7Si.C36H65NO7Si/c1-25(2)18-21-31(16-15-17-33(35(39)42-14)38-36(40)44-37(10,11)12)34(45-46(26(3)4,27(5)6)28(7)8)29(9)43-24-30-19-22-32(41-13)23-20-30;1-24(2)17-20-30(15-14-16-32(34(38)39)37-35(40)43-36(10,11)12)33(44-45(25(3)4,26(5)6)27(7)8)28(9)42-23-29-18-21-31(41-13)22-19-29/h19-20,22-23,25-29,31,33-34H,15-18,21,24H2,1-14H3,(H,38,40);18-19,21-22,24-28,30,32-33H,14-17,20,23H2,1-13H3,(H,37,40)(H,38,39)/t29-,31+,33-,34-;28-,30+,32-,33-/m00/s1. The molecular formula is C73H132N2O14Si2. The number of hydrogen-bond donors (Lipinski definition) is 3. The summed E-state index contributed by atoms with van der Waals surface area (Å²) in [5.74, 6) is 1.52. The molecule has 2 rings (SSSR count). The van der Waals surface area contributed by atoms with Crippen LogP contribution in [0.4, 0.5) is 9.59 Å². The molecule has 18 heteroatoms. The Hall–Kier alpha value is -4.21. The van der Waals surface area contributed by atoms with Crippen molar-refractivity contribution in [3.05, 3.63) is 59.7 Å². The number of aliphatic carboxylic acids is 1. The number of rotatable bonds is 40. The van der Waals surface area contributed by atoms with Crippen LogP contribution in [-0.4, -0.2) is 115 Å². The minimum absolute atomic E-state index is 0.119. The number of hydrogen-bond acceptors (Lipinski definition) is 13. The molecule has 0 bridgehead atoms. The second-order valence-electron chi connectivity index (χ2n) is 30.1. The minimum Gasteiger partial charge on any atom is -0.497 e. The Morgan fingerprint density at radius 3 is 1.01 bits per heavy atom. The van der Waals surface area contributed by atoms with Gasteiger partial charge in [0.25, 0.3) is 0 Å². The second kappa shape index (κ2) is 40.9. The lowest BCUT2D eigenvalue weighted by molar-refractivity contribution is -0.143. The van der Waals surface area contributed by atoms with E-state index in [1.807, 2.05) is 48.5 Å². The van der Waals surface area contributed by atoms with Crippen LogP contribution in [0.3, 0.4) is 0 Å². The van der Waals surface area contributed by atoms with Gasteiger partial charge in [0.1, 0.15) is 34.8 Å². The highest BCUT2D eigenvalue weighted by Crippen LogP contribution is 2.47. The van der Waals surface area contributed by atoms with Crippen molar-refractivity contribution < 1.29 is 66.3 Å². The first-order chi connectivity index (χ1) is 42.2. The van der Waals surface area contributed by atoms with Crippen molar-refractivity contribution in [2.45, 2.75) is 325 Å². The van der Waals surface area contributed by atoms with Crippen LogP contribution in [0, 0.1) is 23.7 Å². The van der Waals surface area contributed by atoms with Gasteiger partial charge >= 0.3 is 24.1 Å². The van der Waals surface area contributed by atoms with Crippen molar-refractivity contribution in [2.75, 3.05) is 21.3 Å². The molecule has 0 unspecified atom stereocenters. The van der Waals surface area contributed by atoms with E-state index >= 15 is 0 Å². The summed E-state index contributed by atoms with van der Waals surface area (Å²) in [5.41, 5.74) is 3.29. The number of amides is 2. The molecule has 0 heterocycles. The van der Waals surface area contributed by atoms with Crippen LogP contribution in [0.15, 0.2) is 48.5 Å². The van der Waals surface area contributed by atoms with E-state index in [1.54, 1.807) is 55.8 Å². The highest BCUT2D eigenvalue weighted by atomic mass is 28.4. The van der Waals surface area contributed by atoms with Crippen molar-refractivity contribution >= 4 is 40.8 Å². The highest BCUT2D eigenvalue weighted by molar-refractivity contribution is 6.78. The average Bonchev–Trinajstić information content (AvgIpc) is 1.08. The fourth-order valence-corrected chi connectivity index (χ4v) is 24.6. The van der Waals surface area contributed by atoms with Gasteiger partial charge in [0, 0.05) is 0 Å². The summed E-state index contributed by atoms with van der Waals surface area (Å²) in [4.78, 5) is 49.7. The first-order valence-electron chi connectivity index (χ1n) is 34.4. The molecule has 0 saturated carbocycles. The van der Waals surface area contributed by atoms with Crippen LogP contribution in [0.1, 0.15) is 242 Å². The number of alkyl carbamates (subject to hydrolysis) is 2. The number of carbonyl (C=O) groups is 4. The van der Waals surface area contributed by atoms with Crippen molar-refractivity contribution in [3.63, 3.8) is 0 Å². The van der Waals surface area contributed by atoms with E-state index in [1.165, 1.54) is 7.11 Å². The second-order valence-corrected chi connectivity index (χ2v) is 40.9. The fourth-order valence-electron chi connectivity index (χ4n) is 13.3. The Bertz CT molecular complexity index is 2300. The maximum atomic E-state index is 12.7. The van der Waals surface area contributed by atoms with Crippen molar-refractivity contribution in [1.82, 2.24) is 10.6 Å². The molecule has 0 aliphatic rings. The summed E-state index contributed by atoms with van der Waals surface area (Å²) in [7, 11) is 0.126. The molecule has 8 atom stereocenters. The molecule has 0 saturated heterocycles.